The van der Waals surface area contributed by atoms with Gasteiger partial charge in [-0.15, -0.1) is 0 Å². The number of hydrogen-bond donors (Lipinski definition) is 1. The zero-order valence-corrected chi connectivity index (χ0v) is 12.7. The minimum Gasteiger partial charge on any atom is -0.380 e. The highest BCUT2D eigenvalue weighted by Crippen LogP contribution is 2.33. The van der Waals surface area contributed by atoms with Crippen LogP contribution in [0.1, 0.15) is 16.7 Å². The average molecular weight is 310 g/mol. The van der Waals surface area contributed by atoms with E-state index in [1.807, 2.05) is 54.6 Å². The maximum absolute atomic E-state index is 11.4. The minimum atomic E-state index is -1.12. The minimum absolute atomic E-state index is 0.451. The van der Waals surface area contributed by atoms with E-state index in [0.717, 1.165) is 16.7 Å². The molecule has 0 amide bonds. The molecule has 22 heavy (non-hydrogen) atoms. The van der Waals surface area contributed by atoms with Gasteiger partial charge in [0.1, 0.15) is 5.60 Å². The van der Waals surface area contributed by atoms with E-state index in [-0.39, 0.29) is 0 Å². The fourth-order valence-corrected chi connectivity index (χ4v) is 2.73. The Morgan fingerprint density at radius 3 is 2.18 bits per heavy atom. The maximum atomic E-state index is 11.4. The summed E-state index contributed by atoms with van der Waals surface area (Å²) in [5.74, 6) is 0. The third kappa shape index (κ3) is 3.03. The number of hydrogen-bond acceptors (Lipinski definition) is 2. The predicted octanol–water partition coefficient (Wildman–Crippen LogP) is 4.21. The van der Waals surface area contributed by atoms with Crippen LogP contribution in [0.15, 0.2) is 79.1 Å². The van der Waals surface area contributed by atoms with E-state index in [9.17, 15) is 5.11 Å². The van der Waals surface area contributed by atoms with Crippen molar-refractivity contribution in [3.05, 3.63) is 101 Å². The van der Waals surface area contributed by atoms with Crippen LogP contribution in [0.4, 0.5) is 0 Å². The summed E-state index contributed by atoms with van der Waals surface area (Å²) in [5, 5.41) is 12.1. The lowest BCUT2D eigenvalue weighted by molar-refractivity contribution is 0.0810. The van der Waals surface area contributed by atoms with Gasteiger partial charge in [-0.3, -0.25) is 4.98 Å². The highest BCUT2D eigenvalue weighted by Gasteiger charge is 2.31. The summed E-state index contributed by atoms with van der Waals surface area (Å²) in [6.07, 6.45) is 3.96. The van der Waals surface area contributed by atoms with Crippen LogP contribution in [-0.4, -0.2) is 10.1 Å². The molecule has 0 unspecified atom stereocenters. The Bertz CT molecular complexity index is 728. The van der Waals surface area contributed by atoms with Crippen molar-refractivity contribution in [2.24, 2.45) is 0 Å². The van der Waals surface area contributed by atoms with Crippen LogP contribution < -0.4 is 0 Å². The fourth-order valence-electron chi connectivity index (χ4n) is 2.61. The van der Waals surface area contributed by atoms with E-state index in [2.05, 4.69) is 4.98 Å². The molecule has 2 nitrogen and oxygen atoms in total. The Kier molecular flexibility index (Phi) is 4.23. The zero-order chi connectivity index (χ0) is 15.4. The van der Waals surface area contributed by atoms with Crippen molar-refractivity contribution < 1.29 is 5.11 Å². The Labute approximate surface area is 135 Å². The SMILES string of the molecule is O[C@@](Cc1cccnc1)(c1ccccc1)c1ccc(Cl)cc1. The topological polar surface area (TPSA) is 33.1 Å². The zero-order valence-electron chi connectivity index (χ0n) is 12.0. The standard InChI is InChI=1S/C19H16ClNO/c20-18-10-8-17(9-11-18)19(22,16-6-2-1-3-7-16)13-15-5-4-12-21-14-15/h1-12,14,22H,13H2/t19-/m0/s1. The highest BCUT2D eigenvalue weighted by molar-refractivity contribution is 6.30. The molecule has 0 aliphatic carbocycles. The molecule has 0 saturated carbocycles. The maximum Gasteiger partial charge on any atom is 0.119 e. The fraction of sp³-hybridized carbons (Fsp3) is 0.105. The summed E-state index contributed by atoms with van der Waals surface area (Å²) in [6.45, 7) is 0. The van der Waals surface area contributed by atoms with Gasteiger partial charge in [0.2, 0.25) is 0 Å². The van der Waals surface area contributed by atoms with E-state index < -0.39 is 5.60 Å². The van der Waals surface area contributed by atoms with Gasteiger partial charge in [-0.2, -0.15) is 0 Å². The molecule has 0 spiro atoms. The molecular formula is C19H16ClNO. The summed E-state index contributed by atoms with van der Waals surface area (Å²) in [4.78, 5) is 4.14. The third-order valence-electron chi connectivity index (χ3n) is 3.76. The Morgan fingerprint density at radius 1 is 0.864 bits per heavy atom. The molecule has 0 aliphatic rings. The summed E-state index contributed by atoms with van der Waals surface area (Å²) in [6, 6.07) is 20.9. The summed E-state index contributed by atoms with van der Waals surface area (Å²) < 4.78 is 0. The molecule has 1 heterocycles. The molecule has 0 saturated heterocycles. The monoisotopic (exact) mass is 309 g/mol. The summed E-state index contributed by atoms with van der Waals surface area (Å²) in [7, 11) is 0. The number of benzene rings is 2. The van der Waals surface area contributed by atoms with Crippen LogP contribution in [0.3, 0.4) is 0 Å². The number of pyridine rings is 1. The van der Waals surface area contributed by atoms with Gasteiger partial charge in [0, 0.05) is 23.8 Å². The number of nitrogens with zero attached hydrogens (tertiary/aromatic N) is 1. The quantitative estimate of drug-likeness (QED) is 0.783. The van der Waals surface area contributed by atoms with E-state index in [1.54, 1.807) is 24.5 Å². The smallest absolute Gasteiger partial charge is 0.119 e. The number of halogens is 1. The molecule has 2 aromatic carbocycles. The van der Waals surface area contributed by atoms with Crippen LogP contribution in [0.5, 0.6) is 0 Å². The van der Waals surface area contributed by atoms with Gasteiger partial charge in [0.05, 0.1) is 0 Å². The van der Waals surface area contributed by atoms with Crippen LogP contribution >= 0.6 is 11.6 Å². The van der Waals surface area contributed by atoms with Crippen LogP contribution in [0, 0.1) is 0 Å². The molecule has 1 atom stereocenters. The molecule has 3 aromatic rings. The number of aromatic nitrogens is 1. The predicted molar refractivity (Wildman–Crippen MR) is 88.8 cm³/mol. The molecule has 3 rings (SSSR count). The first-order valence-corrected chi connectivity index (χ1v) is 7.49. The first-order chi connectivity index (χ1) is 10.7. The third-order valence-corrected chi connectivity index (χ3v) is 4.01. The molecule has 0 fully saturated rings. The van der Waals surface area contributed by atoms with E-state index >= 15 is 0 Å². The Balaban J connectivity index is 2.07. The van der Waals surface area contributed by atoms with Crippen molar-refractivity contribution in [1.82, 2.24) is 4.98 Å². The first kappa shape index (κ1) is 14.8. The molecule has 0 radical (unpaired) electrons. The lowest BCUT2D eigenvalue weighted by Gasteiger charge is -2.29. The van der Waals surface area contributed by atoms with Gasteiger partial charge < -0.3 is 5.11 Å². The largest absolute Gasteiger partial charge is 0.380 e. The summed E-state index contributed by atoms with van der Waals surface area (Å²) in [5.41, 5.74) is 1.52. The number of rotatable bonds is 4. The first-order valence-electron chi connectivity index (χ1n) is 7.11. The van der Waals surface area contributed by atoms with Gasteiger partial charge in [-0.1, -0.05) is 60.1 Å². The van der Waals surface area contributed by atoms with Gasteiger partial charge in [-0.25, -0.2) is 0 Å². The molecule has 0 aliphatic heterocycles. The molecule has 3 heteroatoms. The van der Waals surface area contributed by atoms with Crippen molar-refractivity contribution in [3.63, 3.8) is 0 Å². The van der Waals surface area contributed by atoms with Crippen molar-refractivity contribution in [2.45, 2.75) is 12.0 Å². The Morgan fingerprint density at radius 2 is 1.55 bits per heavy atom. The van der Waals surface area contributed by atoms with E-state index in [0.29, 0.717) is 11.4 Å². The molecule has 1 N–H and O–H groups in total. The second-order valence-electron chi connectivity index (χ2n) is 5.27. The molecule has 1 aromatic heterocycles. The van der Waals surface area contributed by atoms with Gasteiger partial charge in [-0.05, 0) is 34.9 Å². The Hall–Kier alpha value is -2.16. The number of aliphatic hydroxyl groups is 1. The highest BCUT2D eigenvalue weighted by atomic mass is 35.5. The average Bonchev–Trinajstić information content (AvgIpc) is 2.57. The van der Waals surface area contributed by atoms with E-state index in [4.69, 9.17) is 11.6 Å². The lowest BCUT2D eigenvalue weighted by Crippen LogP contribution is -2.30. The van der Waals surface area contributed by atoms with Crippen LogP contribution in [-0.2, 0) is 12.0 Å². The molecule has 0 bridgehead atoms. The molecule has 110 valence electrons. The normalized spacial score (nSPS) is 13.5. The molecular weight excluding hydrogens is 294 g/mol. The van der Waals surface area contributed by atoms with Crippen molar-refractivity contribution in [3.8, 4) is 0 Å². The van der Waals surface area contributed by atoms with Gasteiger partial charge in [0.25, 0.3) is 0 Å². The van der Waals surface area contributed by atoms with Gasteiger partial charge >= 0.3 is 0 Å². The lowest BCUT2D eigenvalue weighted by atomic mass is 9.81. The second kappa shape index (κ2) is 6.30. The van der Waals surface area contributed by atoms with Crippen molar-refractivity contribution in [1.29, 1.82) is 0 Å². The van der Waals surface area contributed by atoms with Crippen LogP contribution in [0.2, 0.25) is 5.02 Å². The van der Waals surface area contributed by atoms with Crippen molar-refractivity contribution >= 4 is 11.6 Å². The summed E-state index contributed by atoms with van der Waals surface area (Å²) >= 11 is 5.98. The van der Waals surface area contributed by atoms with Crippen LogP contribution in [0.25, 0.3) is 0 Å². The van der Waals surface area contributed by atoms with Crippen molar-refractivity contribution in [2.75, 3.05) is 0 Å². The van der Waals surface area contributed by atoms with Gasteiger partial charge in [0.15, 0.2) is 0 Å². The second-order valence-corrected chi connectivity index (χ2v) is 5.71. The van der Waals surface area contributed by atoms with E-state index in [1.165, 1.54) is 0 Å².